The van der Waals surface area contributed by atoms with E-state index in [2.05, 4.69) is 0 Å². The number of nitrogens with zero attached hydrogens (tertiary/aromatic N) is 1. The van der Waals surface area contributed by atoms with Crippen LogP contribution in [-0.4, -0.2) is 16.9 Å². The van der Waals surface area contributed by atoms with E-state index < -0.39 is 11.8 Å². The maximum Gasteiger partial charge on any atom is 0.295 e. The summed E-state index contributed by atoms with van der Waals surface area (Å²) in [7, 11) is 0. The lowest BCUT2D eigenvalue weighted by molar-refractivity contribution is -0.0140. The summed E-state index contributed by atoms with van der Waals surface area (Å²) in [6.07, 6.45) is 0. The first-order valence-electron chi connectivity index (χ1n) is 6.88. The predicted molar refractivity (Wildman–Crippen MR) is 81.5 cm³/mol. The molecule has 0 saturated heterocycles. The number of imide groups is 1. The van der Waals surface area contributed by atoms with Gasteiger partial charge in [-0.3, -0.25) is 9.59 Å². The second kappa shape index (κ2) is 4.70. The van der Waals surface area contributed by atoms with Gasteiger partial charge in [0.2, 0.25) is 0 Å². The smallest absolute Gasteiger partial charge is 0.295 e. The first kappa shape index (κ1) is 12.6. The molecule has 0 spiro atoms. The summed E-state index contributed by atoms with van der Waals surface area (Å²) in [4.78, 5) is 30.0. The van der Waals surface area contributed by atoms with E-state index in [0.29, 0.717) is 16.9 Å². The molecule has 0 saturated carbocycles. The Hall–Kier alpha value is -3.14. The zero-order valence-corrected chi connectivity index (χ0v) is 11.5. The number of carbonyl (C=O) groups excluding carboxylic acids is 2. The second-order valence-corrected chi connectivity index (χ2v) is 5.05. The number of hydrogen-bond acceptors (Lipinski definition) is 3. The highest BCUT2D eigenvalue weighted by molar-refractivity contribution is 6.20. The van der Waals surface area contributed by atoms with E-state index in [1.807, 2.05) is 30.3 Å². The van der Waals surface area contributed by atoms with Crippen molar-refractivity contribution < 1.29 is 14.4 Å². The zero-order chi connectivity index (χ0) is 15.1. The molecule has 0 bridgehead atoms. The molecule has 0 radical (unpaired) electrons. The number of rotatable bonds is 2. The van der Waals surface area contributed by atoms with E-state index in [0.717, 1.165) is 15.8 Å². The van der Waals surface area contributed by atoms with Gasteiger partial charge in [-0.2, -0.15) is 0 Å². The maximum atomic E-state index is 12.3. The molecule has 4 nitrogen and oxygen atoms in total. The van der Waals surface area contributed by atoms with Crippen LogP contribution in [0.25, 0.3) is 10.8 Å². The normalized spacial score (nSPS) is 13.5. The fourth-order valence-electron chi connectivity index (χ4n) is 2.58. The van der Waals surface area contributed by atoms with Gasteiger partial charge >= 0.3 is 0 Å². The molecule has 1 aliphatic rings. The molecule has 4 rings (SSSR count). The Morgan fingerprint density at radius 1 is 0.682 bits per heavy atom. The minimum atomic E-state index is -0.436. The van der Waals surface area contributed by atoms with Crippen LogP contribution < -0.4 is 4.84 Å². The summed E-state index contributed by atoms with van der Waals surface area (Å²) in [5, 5.41) is 2.86. The fraction of sp³-hybridized carbons (Fsp3) is 0. The first-order valence-corrected chi connectivity index (χ1v) is 6.88. The number of fused-ring (bicyclic) bond motifs is 2. The lowest BCUT2D eigenvalue weighted by Crippen LogP contribution is -2.33. The molecule has 0 N–H and O–H groups in total. The van der Waals surface area contributed by atoms with Crippen LogP contribution >= 0.6 is 0 Å². The summed E-state index contributed by atoms with van der Waals surface area (Å²) < 4.78 is 0. The quantitative estimate of drug-likeness (QED) is 0.679. The van der Waals surface area contributed by atoms with Crippen LogP contribution in [0.15, 0.2) is 66.7 Å². The zero-order valence-electron chi connectivity index (χ0n) is 11.5. The molecule has 106 valence electrons. The van der Waals surface area contributed by atoms with Gasteiger partial charge in [-0.15, -0.1) is 0 Å². The predicted octanol–water partition coefficient (Wildman–Crippen LogP) is 3.43. The summed E-state index contributed by atoms with van der Waals surface area (Å²) in [5.74, 6) is -0.421. The number of hydroxylamine groups is 2. The van der Waals surface area contributed by atoms with Crippen molar-refractivity contribution in [2.75, 3.05) is 0 Å². The topological polar surface area (TPSA) is 46.6 Å². The van der Waals surface area contributed by atoms with Crippen LogP contribution in [0.2, 0.25) is 0 Å². The number of hydrogen-bond donors (Lipinski definition) is 0. The highest BCUT2D eigenvalue weighted by Crippen LogP contribution is 2.26. The Kier molecular flexibility index (Phi) is 2.69. The van der Waals surface area contributed by atoms with Gasteiger partial charge in [0.15, 0.2) is 5.75 Å². The molecule has 0 aromatic heterocycles. The lowest BCUT2D eigenvalue weighted by Gasteiger charge is -2.14. The van der Waals surface area contributed by atoms with Crippen molar-refractivity contribution >= 4 is 22.6 Å². The molecule has 0 unspecified atom stereocenters. The summed E-state index contributed by atoms with van der Waals surface area (Å²) >= 11 is 0. The van der Waals surface area contributed by atoms with Crippen LogP contribution in [0, 0.1) is 0 Å². The van der Waals surface area contributed by atoms with Crippen molar-refractivity contribution in [1.82, 2.24) is 5.06 Å². The van der Waals surface area contributed by atoms with Crippen molar-refractivity contribution in [2.45, 2.75) is 0 Å². The maximum absolute atomic E-state index is 12.3. The van der Waals surface area contributed by atoms with Crippen molar-refractivity contribution in [3.8, 4) is 5.75 Å². The Morgan fingerprint density at radius 2 is 1.27 bits per heavy atom. The summed E-state index contributed by atoms with van der Waals surface area (Å²) in [5.41, 5.74) is 0.738. The van der Waals surface area contributed by atoms with E-state index >= 15 is 0 Å². The van der Waals surface area contributed by atoms with Crippen LogP contribution in [0.5, 0.6) is 5.75 Å². The van der Waals surface area contributed by atoms with Gasteiger partial charge in [-0.1, -0.05) is 47.5 Å². The van der Waals surface area contributed by atoms with Crippen LogP contribution in [0.3, 0.4) is 0 Å². The standard InChI is InChI=1S/C18H11NO3/c20-17-15-7-3-4-8-16(15)18(21)19(17)22-14-10-9-12-5-1-2-6-13(12)11-14/h1-11H. The average molecular weight is 289 g/mol. The van der Waals surface area contributed by atoms with Gasteiger partial charge in [0, 0.05) is 0 Å². The molecule has 4 heteroatoms. The highest BCUT2D eigenvalue weighted by atomic mass is 16.7. The molecule has 22 heavy (non-hydrogen) atoms. The SMILES string of the molecule is O=C1c2ccccc2C(=O)N1Oc1ccc2ccccc2c1. The average Bonchev–Trinajstić information content (AvgIpc) is 2.80. The van der Waals surface area contributed by atoms with E-state index in [4.69, 9.17) is 4.84 Å². The Balaban J connectivity index is 1.69. The van der Waals surface area contributed by atoms with Crippen molar-refractivity contribution in [3.63, 3.8) is 0 Å². The highest BCUT2D eigenvalue weighted by Gasteiger charge is 2.37. The largest absolute Gasteiger partial charge is 0.368 e. The summed E-state index contributed by atoms with van der Waals surface area (Å²) in [6, 6.07) is 20.0. The van der Waals surface area contributed by atoms with Gasteiger partial charge in [-0.05, 0) is 35.0 Å². The number of benzene rings is 3. The second-order valence-electron chi connectivity index (χ2n) is 5.05. The van der Waals surface area contributed by atoms with Gasteiger partial charge in [0.05, 0.1) is 11.1 Å². The molecule has 0 aliphatic carbocycles. The van der Waals surface area contributed by atoms with E-state index in [1.165, 1.54) is 0 Å². The monoisotopic (exact) mass is 289 g/mol. The van der Waals surface area contributed by atoms with Gasteiger partial charge in [0.25, 0.3) is 11.8 Å². The number of carbonyl (C=O) groups is 2. The Labute approximate surface area is 126 Å². The van der Waals surface area contributed by atoms with Crippen molar-refractivity contribution in [3.05, 3.63) is 77.9 Å². The van der Waals surface area contributed by atoms with Crippen LogP contribution in [-0.2, 0) is 0 Å². The van der Waals surface area contributed by atoms with E-state index in [1.54, 1.807) is 36.4 Å². The van der Waals surface area contributed by atoms with E-state index in [-0.39, 0.29) is 0 Å². The van der Waals surface area contributed by atoms with Crippen LogP contribution in [0.1, 0.15) is 20.7 Å². The fourth-order valence-corrected chi connectivity index (χ4v) is 2.58. The minimum absolute atomic E-state index is 0.369. The molecular weight excluding hydrogens is 278 g/mol. The molecule has 0 atom stereocenters. The van der Waals surface area contributed by atoms with Crippen LogP contribution in [0.4, 0.5) is 0 Å². The molecule has 3 aromatic carbocycles. The van der Waals surface area contributed by atoms with Gasteiger partial charge in [-0.25, -0.2) is 0 Å². The number of amides is 2. The Morgan fingerprint density at radius 3 is 1.95 bits per heavy atom. The molecule has 1 heterocycles. The molecule has 2 amide bonds. The molecular formula is C18H11NO3. The molecule has 3 aromatic rings. The third-order valence-electron chi connectivity index (χ3n) is 3.67. The van der Waals surface area contributed by atoms with Crippen molar-refractivity contribution in [2.24, 2.45) is 0 Å². The summed E-state index contributed by atoms with van der Waals surface area (Å²) in [6.45, 7) is 0. The van der Waals surface area contributed by atoms with Gasteiger partial charge < -0.3 is 4.84 Å². The third kappa shape index (κ3) is 1.85. The molecule has 0 fully saturated rings. The lowest BCUT2D eigenvalue weighted by atomic mass is 10.1. The minimum Gasteiger partial charge on any atom is -0.368 e. The van der Waals surface area contributed by atoms with E-state index in [9.17, 15) is 9.59 Å². The molecule has 1 aliphatic heterocycles. The Bertz CT molecular complexity index is 882. The first-order chi connectivity index (χ1) is 10.7. The third-order valence-corrected chi connectivity index (χ3v) is 3.67. The van der Waals surface area contributed by atoms with Crippen molar-refractivity contribution in [1.29, 1.82) is 0 Å². The van der Waals surface area contributed by atoms with Gasteiger partial charge in [0.1, 0.15) is 0 Å².